The molecule has 2 N–H and O–H groups in total. The first-order valence-electron chi connectivity index (χ1n) is 6.63. The lowest BCUT2D eigenvalue weighted by Gasteiger charge is -2.15. The molecule has 1 unspecified atom stereocenters. The number of aryl methyl sites for hydroxylation is 2. The van der Waals surface area contributed by atoms with E-state index < -0.39 is 16.1 Å². The van der Waals surface area contributed by atoms with E-state index in [0.29, 0.717) is 11.3 Å². The van der Waals surface area contributed by atoms with Crippen LogP contribution >= 0.6 is 0 Å². The summed E-state index contributed by atoms with van der Waals surface area (Å²) in [4.78, 5) is 0.0946. The second kappa shape index (κ2) is 6.01. The molecule has 0 spiro atoms. The average molecular weight is 309 g/mol. The molecular formula is C15H19NO4S. The first-order valence-corrected chi connectivity index (χ1v) is 8.11. The molecule has 0 saturated heterocycles. The van der Waals surface area contributed by atoms with Crippen LogP contribution in [-0.2, 0) is 16.6 Å². The van der Waals surface area contributed by atoms with Gasteiger partial charge in [-0.2, -0.15) is 0 Å². The highest BCUT2D eigenvalue weighted by atomic mass is 32.2. The minimum Gasteiger partial charge on any atom is -0.466 e. The van der Waals surface area contributed by atoms with Crippen LogP contribution in [0.25, 0.3) is 0 Å². The molecule has 2 rings (SSSR count). The Morgan fingerprint density at radius 3 is 2.52 bits per heavy atom. The number of rotatable bonds is 5. The lowest BCUT2D eigenvalue weighted by molar-refractivity contribution is 0.278. The fourth-order valence-electron chi connectivity index (χ4n) is 2.34. The summed E-state index contributed by atoms with van der Waals surface area (Å²) < 4.78 is 33.0. The quantitative estimate of drug-likeness (QED) is 0.889. The molecule has 5 nitrogen and oxygen atoms in total. The van der Waals surface area contributed by atoms with Gasteiger partial charge in [0.1, 0.15) is 11.5 Å². The molecular weight excluding hydrogens is 290 g/mol. The summed E-state index contributed by atoms with van der Waals surface area (Å²) >= 11 is 0. The standard InChI is InChI=1S/C15H19NO4S/c1-10-8-14(12(3)20-10)11(2)16-21(18,19)15-7-5-4-6-13(15)9-17/h4-8,11,16-17H,9H2,1-3H3. The van der Waals surface area contributed by atoms with Crippen molar-refractivity contribution >= 4 is 10.0 Å². The predicted molar refractivity (Wildman–Crippen MR) is 79.3 cm³/mol. The Kier molecular flexibility index (Phi) is 4.51. The van der Waals surface area contributed by atoms with E-state index in [1.54, 1.807) is 32.0 Å². The van der Waals surface area contributed by atoms with Crippen LogP contribution in [0.3, 0.4) is 0 Å². The molecule has 1 heterocycles. The van der Waals surface area contributed by atoms with Gasteiger partial charge in [-0.05, 0) is 38.5 Å². The van der Waals surface area contributed by atoms with Crippen LogP contribution in [0.4, 0.5) is 0 Å². The SMILES string of the molecule is Cc1cc(C(C)NS(=O)(=O)c2ccccc2CO)c(C)o1. The molecule has 114 valence electrons. The van der Waals surface area contributed by atoms with Gasteiger partial charge in [0.05, 0.1) is 11.5 Å². The molecule has 0 fully saturated rings. The third-order valence-corrected chi connectivity index (χ3v) is 4.95. The van der Waals surface area contributed by atoms with Crippen molar-refractivity contribution in [1.82, 2.24) is 4.72 Å². The fraction of sp³-hybridized carbons (Fsp3) is 0.333. The molecule has 21 heavy (non-hydrogen) atoms. The van der Waals surface area contributed by atoms with Crippen molar-refractivity contribution in [2.75, 3.05) is 0 Å². The van der Waals surface area contributed by atoms with Crippen LogP contribution in [0, 0.1) is 13.8 Å². The predicted octanol–water partition coefficient (Wildman–Crippen LogP) is 2.43. The van der Waals surface area contributed by atoms with Crippen molar-refractivity contribution in [2.24, 2.45) is 0 Å². The van der Waals surface area contributed by atoms with Crippen molar-refractivity contribution in [3.05, 3.63) is 53.0 Å². The van der Waals surface area contributed by atoms with Crippen LogP contribution in [0.2, 0.25) is 0 Å². The number of benzene rings is 1. The summed E-state index contributed by atoms with van der Waals surface area (Å²) in [5.41, 5.74) is 1.18. The van der Waals surface area contributed by atoms with Gasteiger partial charge >= 0.3 is 0 Å². The average Bonchev–Trinajstić information content (AvgIpc) is 2.77. The zero-order valence-corrected chi connectivity index (χ0v) is 13.1. The summed E-state index contributed by atoms with van der Waals surface area (Å²) in [6, 6.07) is 7.80. The summed E-state index contributed by atoms with van der Waals surface area (Å²) in [6.45, 7) is 5.05. The summed E-state index contributed by atoms with van der Waals surface area (Å²) in [7, 11) is -3.71. The fourth-order valence-corrected chi connectivity index (χ4v) is 3.79. The van der Waals surface area contributed by atoms with Crippen molar-refractivity contribution in [1.29, 1.82) is 0 Å². The number of furan rings is 1. The van der Waals surface area contributed by atoms with Gasteiger partial charge in [-0.15, -0.1) is 0 Å². The van der Waals surface area contributed by atoms with E-state index in [1.807, 2.05) is 13.0 Å². The lowest BCUT2D eigenvalue weighted by atomic mass is 10.1. The molecule has 6 heteroatoms. The number of sulfonamides is 1. The number of aliphatic hydroxyl groups excluding tert-OH is 1. The Morgan fingerprint density at radius 1 is 1.29 bits per heavy atom. The van der Waals surface area contributed by atoms with E-state index >= 15 is 0 Å². The van der Waals surface area contributed by atoms with Gasteiger partial charge in [-0.3, -0.25) is 0 Å². The minimum absolute atomic E-state index is 0.0946. The Bertz CT molecular complexity index is 734. The van der Waals surface area contributed by atoms with Gasteiger partial charge in [0.15, 0.2) is 0 Å². The van der Waals surface area contributed by atoms with Gasteiger partial charge in [0, 0.05) is 11.6 Å². The molecule has 2 aromatic rings. The summed E-state index contributed by atoms with van der Waals surface area (Å²) in [5.74, 6) is 1.43. The first-order chi connectivity index (χ1) is 9.85. The van der Waals surface area contributed by atoms with Crippen LogP contribution in [0.5, 0.6) is 0 Å². The normalized spacial score (nSPS) is 13.3. The highest BCUT2D eigenvalue weighted by Gasteiger charge is 2.23. The molecule has 0 bridgehead atoms. The highest BCUT2D eigenvalue weighted by Crippen LogP contribution is 2.24. The molecule has 1 aromatic heterocycles. The van der Waals surface area contributed by atoms with E-state index in [-0.39, 0.29) is 11.5 Å². The van der Waals surface area contributed by atoms with E-state index in [4.69, 9.17) is 4.42 Å². The van der Waals surface area contributed by atoms with E-state index in [0.717, 1.165) is 11.3 Å². The van der Waals surface area contributed by atoms with Gasteiger partial charge < -0.3 is 9.52 Å². The topological polar surface area (TPSA) is 79.5 Å². The van der Waals surface area contributed by atoms with Crippen molar-refractivity contribution in [3.8, 4) is 0 Å². The summed E-state index contributed by atoms with van der Waals surface area (Å²) in [5, 5.41) is 9.27. The Morgan fingerprint density at radius 2 is 1.95 bits per heavy atom. The maximum absolute atomic E-state index is 12.5. The number of nitrogens with one attached hydrogen (secondary N) is 1. The maximum Gasteiger partial charge on any atom is 0.241 e. The van der Waals surface area contributed by atoms with E-state index in [1.165, 1.54) is 6.07 Å². The maximum atomic E-state index is 12.5. The summed E-state index contributed by atoms with van der Waals surface area (Å²) in [6.07, 6.45) is 0. The van der Waals surface area contributed by atoms with Crippen LogP contribution < -0.4 is 4.72 Å². The van der Waals surface area contributed by atoms with Crippen LogP contribution in [0.15, 0.2) is 39.6 Å². The van der Waals surface area contributed by atoms with Crippen molar-refractivity contribution in [2.45, 2.75) is 38.3 Å². The Balaban J connectivity index is 2.31. The zero-order valence-electron chi connectivity index (χ0n) is 12.3. The monoisotopic (exact) mass is 309 g/mol. The Hall–Kier alpha value is -1.63. The molecule has 0 aliphatic carbocycles. The van der Waals surface area contributed by atoms with Gasteiger partial charge in [-0.1, -0.05) is 18.2 Å². The second-order valence-corrected chi connectivity index (χ2v) is 6.66. The van der Waals surface area contributed by atoms with E-state index in [9.17, 15) is 13.5 Å². The third-order valence-electron chi connectivity index (χ3n) is 3.31. The van der Waals surface area contributed by atoms with Gasteiger partial charge in [0.2, 0.25) is 10.0 Å². The van der Waals surface area contributed by atoms with Crippen molar-refractivity contribution in [3.63, 3.8) is 0 Å². The highest BCUT2D eigenvalue weighted by molar-refractivity contribution is 7.89. The van der Waals surface area contributed by atoms with Crippen LogP contribution in [-0.4, -0.2) is 13.5 Å². The molecule has 1 aromatic carbocycles. The minimum atomic E-state index is -3.71. The van der Waals surface area contributed by atoms with Crippen molar-refractivity contribution < 1.29 is 17.9 Å². The number of aliphatic hydroxyl groups is 1. The smallest absolute Gasteiger partial charge is 0.241 e. The molecule has 0 saturated carbocycles. The third kappa shape index (κ3) is 3.34. The zero-order chi connectivity index (χ0) is 15.6. The number of hydrogen-bond donors (Lipinski definition) is 2. The second-order valence-electron chi connectivity index (χ2n) is 4.98. The molecule has 0 aliphatic rings. The lowest BCUT2D eigenvalue weighted by Crippen LogP contribution is -2.27. The first kappa shape index (κ1) is 15.8. The van der Waals surface area contributed by atoms with Crippen LogP contribution in [0.1, 0.15) is 35.6 Å². The molecule has 0 amide bonds. The largest absolute Gasteiger partial charge is 0.466 e. The van der Waals surface area contributed by atoms with E-state index in [2.05, 4.69) is 4.72 Å². The van der Waals surface area contributed by atoms with Gasteiger partial charge in [0.25, 0.3) is 0 Å². The molecule has 0 aliphatic heterocycles. The number of hydrogen-bond acceptors (Lipinski definition) is 4. The molecule has 1 atom stereocenters. The molecule has 0 radical (unpaired) electrons. The Labute approximate surface area is 124 Å². The van der Waals surface area contributed by atoms with Gasteiger partial charge in [-0.25, -0.2) is 13.1 Å².